The Morgan fingerprint density at radius 2 is 2.15 bits per heavy atom. The van der Waals surface area contributed by atoms with Gasteiger partial charge < -0.3 is 9.88 Å². The van der Waals surface area contributed by atoms with Crippen LogP contribution in [0.4, 0.5) is 0 Å². The van der Waals surface area contributed by atoms with E-state index in [4.69, 9.17) is 0 Å². The van der Waals surface area contributed by atoms with E-state index < -0.39 is 0 Å². The largest absolute Gasteiger partial charge is 0.328 e. The molecule has 1 unspecified atom stereocenters. The first-order valence-corrected chi connectivity index (χ1v) is 7.28. The Morgan fingerprint density at radius 3 is 2.85 bits per heavy atom. The van der Waals surface area contributed by atoms with Crippen LogP contribution in [0, 0.1) is 5.92 Å². The zero-order chi connectivity index (χ0) is 14.5. The van der Waals surface area contributed by atoms with Crippen LogP contribution in [0.5, 0.6) is 0 Å². The molecule has 1 N–H and O–H groups in total. The van der Waals surface area contributed by atoms with Crippen molar-refractivity contribution >= 4 is 16.8 Å². The van der Waals surface area contributed by atoms with Crippen LogP contribution in [0.15, 0.2) is 24.3 Å². The highest BCUT2D eigenvalue weighted by atomic mass is 16.1. The quantitative estimate of drug-likeness (QED) is 0.842. The predicted octanol–water partition coefficient (Wildman–Crippen LogP) is 2.41. The molecule has 0 bridgehead atoms. The summed E-state index contributed by atoms with van der Waals surface area (Å²) in [6.45, 7) is 5.73. The summed E-state index contributed by atoms with van der Waals surface area (Å²) in [4.78, 5) is 16.9. The van der Waals surface area contributed by atoms with E-state index in [1.54, 1.807) is 0 Å². The smallest absolute Gasteiger partial charge is 0.144 e. The fourth-order valence-electron chi connectivity index (χ4n) is 2.48. The Kier molecular flexibility index (Phi) is 4.90. The summed E-state index contributed by atoms with van der Waals surface area (Å²) in [7, 11) is 1.87. The minimum atomic E-state index is 0.0230. The second-order valence-corrected chi connectivity index (χ2v) is 5.27. The molecule has 0 saturated carbocycles. The highest BCUT2D eigenvalue weighted by Crippen LogP contribution is 2.18. The van der Waals surface area contributed by atoms with Gasteiger partial charge in [-0.3, -0.25) is 4.79 Å². The molecule has 1 aromatic carbocycles. The molecule has 1 aromatic heterocycles. The molecule has 0 aliphatic rings. The summed E-state index contributed by atoms with van der Waals surface area (Å²) < 4.78 is 2.18. The van der Waals surface area contributed by atoms with Crippen molar-refractivity contribution in [2.24, 2.45) is 5.92 Å². The van der Waals surface area contributed by atoms with Gasteiger partial charge in [-0.05, 0) is 25.6 Å². The zero-order valence-corrected chi connectivity index (χ0v) is 12.5. The van der Waals surface area contributed by atoms with Crippen molar-refractivity contribution in [1.82, 2.24) is 14.9 Å². The molecule has 0 aliphatic carbocycles. The van der Waals surface area contributed by atoms with Crippen molar-refractivity contribution in [3.8, 4) is 0 Å². The van der Waals surface area contributed by atoms with Crippen LogP contribution in [0.3, 0.4) is 0 Å². The van der Waals surface area contributed by atoms with Gasteiger partial charge in [0.2, 0.25) is 0 Å². The average Bonchev–Trinajstić information content (AvgIpc) is 2.78. The van der Waals surface area contributed by atoms with Gasteiger partial charge in [0.25, 0.3) is 0 Å². The van der Waals surface area contributed by atoms with E-state index in [2.05, 4.69) is 27.9 Å². The zero-order valence-electron chi connectivity index (χ0n) is 12.5. The third kappa shape index (κ3) is 3.07. The van der Waals surface area contributed by atoms with Gasteiger partial charge in [-0.1, -0.05) is 26.0 Å². The lowest BCUT2D eigenvalue weighted by Gasteiger charge is -2.11. The topological polar surface area (TPSA) is 46.9 Å². The maximum Gasteiger partial charge on any atom is 0.144 e. The van der Waals surface area contributed by atoms with Crippen LogP contribution in [0.25, 0.3) is 11.0 Å². The number of hydrogen-bond acceptors (Lipinski definition) is 3. The van der Waals surface area contributed by atoms with Crippen molar-refractivity contribution < 1.29 is 4.79 Å². The number of benzene rings is 1. The maximum atomic E-state index is 12.2. The van der Waals surface area contributed by atoms with Crippen LogP contribution in [-0.4, -0.2) is 28.9 Å². The van der Waals surface area contributed by atoms with Gasteiger partial charge >= 0.3 is 0 Å². The van der Waals surface area contributed by atoms with Crippen molar-refractivity contribution in [2.75, 3.05) is 13.6 Å². The summed E-state index contributed by atoms with van der Waals surface area (Å²) >= 11 is 0. The number of rotatable bonds is 7. The Labute approximate surface area is 120 Å². The van der Waals surface area contributed by atoms with E-state index in [1.165, 1.54) is 0 Å². The van der Waals surface area contributed by atoms with Crippen LogP contribution in [0.2, 0.25) is 0 Å². The van der Waals surface area contributed by atoms with Crippen molar-refractivity contribution in [3.05, 3.63) is 30.1 Å². The SMILES string of the molecule is CCCn1c(CC(=O)C(C)CNC)nc2ccccc21. The second-order valence-electron chi connectivity index (χ2n) is 5.27. The van der Waals surface area contributed by atoms with Gasteiger partial charge in [0.1, 0.15) is 11.6 Å². The lowest BCUT2D eigenvalue weighted by atomic mass is 10.0. The minimum Gasteiger partial charge on any atom is -0.328 e. The van der Waals surface area contributed by atoms with Crippen molar-refractivity contribution in [1.29, 1.82) is 0 Å². The number of Topliss-reactive ketones (excluding diaryl/α,β-unsaturated/α-hetero) is 1. The summed E-state index contributed by atoms with van der Waals surface area (Å²) in [5, 5.41) is 3.05. The lowest BCUT2D eigenvalue weighted by Crippen LogP contribution is -2.25. The molecular formula is C16H23N3O. The van der Waals surface area contributed by atoms with E-state index in [0.717, 1.165) is 29.8 Å². The number of aryl methyl sites for hydroxylation is 1. The molecule has 1 atom stereocenters. The molecule has 0 spiro atoms. The van der Waals surface area contributed by atoms with E-state index in [9.17, 15) is 4.79 Å². The lowest BCUT2D eigenvalue weighted by molar-refractivity contribution is -0.121. The van der Waals surface area contributed by atoms with Crippen LogP contribution >= 0.6 is 0 Å². The first-order chi connectivity index (χ1) is 9.67. The van der Waals surface area contributed by atoms with Crippen molar-refractivity contribution in [3.63, 3.8) is 0 Å². The van der Waals surface area contributed by atoms with Gasteiger partial charge in [0.05, 0.1) is 17.5 Å². The van der Waals surface area contributed by atoms with Crippen LogP contribution in [-0.2, 0) is 17.8 Å². The van der Waals surface area contributed by atoms with Gasteiger partial charge in [-0.15, -0.1) is 0 Å². The maximum absolute atomic E-state index is 12.2. The number of nitrogens with zero attached hydrogens (tertiary/aromatic N) is 2. The number of ketones is 1. The van der Waals surface area contributed by atoms with Crippen LogP contribution in [0.1, 0.15) is 26.1 Å². The number of para-hydroxylation sites is 2. The van der Waals surface area contributed by atoms with E-state index >= 15 is 0 Å². The summed E-state index contributed by atoms with van der Waals surface area (Å²) in [5.41, 5.74) is 2.10. The molecule has 4 heteroatoms. The number of aromatic nitrogens is 2. The first-order valence-electron chi connectivity index (χ1n) is 7.28. The predicted molar refractivity (Wildman–Crippen MR) is 81.8 cm³/mol. The number of imidazole rings is 1. The number of fused-ring (bicyclic) bond motifs is 1. The standard InChI is InChI=1S/C16H23N3O/c1-4-9-19-14-8-6-5-7-13(14)18-16(19)10-15(20)12(2)11-17-3/h5-8,12,17H,4,9-11H2,1-3H3. The monoisotopic (exact) mass is 273 g/mol. The number of nitrogens with one attached hydrogen (secondary N) is 1. The number of carbonyl (C=O) groups excluding carboxylic acids is 1. The van der Waals surface area contributed by atoms with E-state index in [0.29, 0.717) is 13.0 Å². The minimum absolute atomic E-state index is 0.0230. The summed E-state index contributed by atoms with van der Waals surface area (Å²) in [6, 6.07) is 8.09. The fraction of sp³-hybridized carbons (Fsp3) is 0.500. The molecule has 0 fully saturated rings. The Morgan fingerprint density at radius 1 is 1.40 bits per heavy atom. The van der Waals surface area contributed by atoms with Gasteiger partial charge in [-0.2, -0.15) is 0 Å². The van der Waals surface area contributed by atoms with Crippen molar-refractivity contribution in [2.45, 2.75) is 33.2 Å². The third-order valence-electron chi connectivity index (χ3n) is 3.57. The highest BCUT2D eigenvalue weighted by Gasteiger charge is 2.17. The molecule has 4 nitrogen and oxygen atoms in total. The molecule has 20 heavy (non-hydrogen) atoms. The Hall–Kier alpha value is -1.68. The molecule has 0 saturated heterocycles. The molecule has 0 amide bonds. The Balaban J connectivity index is 2.28. The molecule has 108 valence electrons. The molecule has 1 heterocycles. The number of carbonyl (C=O) groups is 1. The molecule has 0 radical (unpaired) electrons. The summed E-state index contributed by atoms with van der Waals surface area (Å²) in [6.07, 6.45) is 1.45. The Bertz CT molecular complexity index is 588. The van der Waals surface area contributed by atoms with Gasteiger partial charge in [0, 0.05) is 19.0 Å². The second kappa shape index (κ2) is 6.66. The molecule has 0 aliphatic heterocycles. The van der Waals surface area contributed by atoms with Gasteiger partial charge in [-0.25, -0.2) is 4.98 Å². The normalized spacial score (nSPS) is 12.8. The van der Waals surface area contributed by atoms with Gasteiger partial charge in [0.15, 0.2) is 0 Å². The number of hydrogen-bond donors (Lipinski definition) is 1. The van der Waals surface area contributed by atoms with Crippen LogP contribution < -0.4 is 5.32 Å². The molecule has 2 aromatic rings. The van der Waals surface area contributed by atoms with E-state index in [-0.39, 0.29) is 11.7 Å². The van der Waals surface area contributed by atoms with E-state index in [1.807, 2.05) is 32.2 Å². The molecular weight excluding hydrogens is 250 g/mol. The summed E-state index contributed by atoms with van der Waals surface area (Å²) in [5.74, 6) is 1.16. The first kappa shape index (κ1) is 14.7. The fourth-order valence-corrected chi connectivity index (χ4v) is 2.48. The highest BCUT2D eigenvalue weighted by molar-refractivity contribution is 5.84. The molecule has 2 rings (SSSR count). The average molecular weight is 273 g/mol. The third-order valence-corrected chi connectivity index (χ3v) is 3.57.